The quantitative estimate of drug-likeness (QED) is 0.848. The number of aromatic nitrogens is 2. The summed E-state index contributed by atoms with van der Waals surface area (Å²) in [6.07, 6.45) is 5.62. The van der Waals surface area contributed by atoms with Crippen LogP contribution in [0, 0.1) is 0 Å². The molecule has 1 aliphatic rings. The summed E-state index contributed by atoms with van der Waals surface area (Å²) in [4.78, 5) is 2.50. The molecule has 1 fully saturated rings. The zero-order valence-corrected chi connectivity index (χ0v) is 12.0. The van der Waals surface area contributed by atoms with Crippen molar-refractivity contribution in [2.75, 3.05) is 24.5 Å². The average molecular weight is 270 g/mol. The Morgan fingerprint density at radius 3 is 3.15 bits per heavy atom. The van der Waals surface area contributed by atoms with Gasteiger partial charge < -0.3 is 10.2 Å². The molecule has 3 rings (SSSR count). The van der Waals surface area contributed by atoms with Gasteiger partial charge in [0.1, 0.15) is 0 Å². The number of nitrogens with zero attached hydrogens (tertiary/aromatic N) is 3. The largest absolute Gasteiger partial charge is 0.365 e. The van der Waals surface area contributed by atoms with Crippen LogP contribution < -0.4 is 10.2 Å². The second-order valence-corrected chi connectivity index (χ2v) is 5.44. The molecule has 4 heteroatoms. The summed E-state index contributed by atoms with van der Waals surface area (Å²) in [6.45, 7) is 5.48. The summed E-state index contributed by atoms with van der Waals surface area (Å²) in [5.74, 6) is 0. The lowest BCUT2D eigenvalue weighted by Gasteiger charge is -2.27. The number of rotatable bonds is 5. The average Bonchev–Trinajstić information content (AvgIpc) is 2.95. The molecular formula is C16H22N4. The predicted octanol–water partition coefficient (Wildman–Crippen LogP) is 2.60. The van der Waals surface area contributed by atoms with Gasteiger partial charge in [0.15, 0.2) is 0 Å². The Hall–Kier alpha value is -1.68. The third kappa shape index (κ3) is 2.61. The minimum Gasteiger partial charge on any atom is -0.365 e. The number of hydrogen-bond acceptors (Lipinski definition) is 4. The Morgan fingerprint density at radius 2 is 2.25 bits per heavy atom. The lowest BCUT2D eigenvalue weighted by molar-refractivity contribution is 0.571. The zero-order chi connectivity index (χ0) is 13.8. The topological polar surface area (TPSA) is 41.0 Å². The molecule has 0 saturated carbocycles. The van der Waals surface area contributed by atoms with Crippen molar-refractivity contribution >= 4 is 16.6 Å². The van der Waals surface area contributed by atoms with Crippen molar-refractivity contribution in [3.63, 3.8) is 0 Å². The molecule has 1 atom stereocenters. The summed E-state index contributed by atoms with van der Waals surface area (Å²) < 4.78 is 0. The van der Waals surface area contributed by atoms with E-state index in [1.807, 2.05) is 18.3 Å². The van der Waals surface area contributed by atoms with Crippen LogP contribution in [0.2, 0.25) is 0 Å². The van der Waals surface area contributed by atoms with Gasteiger partial charge in [0.05, 0.1) is 17.4 Å². The van der Waals surface area contributed by atoms with Crippen molar-refractivity contribution in [3.05, 3.63) is 30.5 Å². The van der Waals surface area contributed by atoms with Gasteiger partial charge in [-0.25, -0.2) is 0 Å². The second kappa shape index (κ2) is 6.18. The van der Waals surface area contributed by atoms with E-state index in [2.05, 4.69) is 39.5 Å². The third-order valence-corrected chi connectivity index (χ3v) is 4.02. The zero-order valence-electron chi connectivity index (χ0n) is 12.0. The van der Waals surface area contributed by atoms with Gasteiger partial charge in [-0.05, 0) is 31.9 Å². The smallest absolute Gasteiger partial charge is 0.0950 e. The van der Waals surface area contributed by atoms with E-state index in [0.717, 1.165) is 25.2 Å². The van der Waals surface area contributed by atoms with Crippen LogP contribution in [-0.4, -0.2) is 35.9 Å². The summed E-state index contributed by atoms with van der Waals surface area (Å²) in [7, 11) is 0. The van der Waals surface area contributed by atoms with Gasteiger partial charge in [-0.15, -0.1) is 0 Å². The second-order valence-electron chi connectivity index (χ2n) is 5.44. The molecule has 1 N–H and O–H groups in total. The summed E-state index contributed by atoms with van der Waals surface area (Å²) in [6, 6.07) is 8.86. The van der Waals surface area contributed by atoms with Crippen molar-refractivity contribution in [2.24, 2.45) is 0 Å². The first-order chi connectivity index (χ1) is 9.90. The summed E-state index contributed by atoms with van der Waals surface area (Å²) in [5, 5.41) is 13.2. The van der Waals surface area contributed by atoms with Gasteiger partial charge >= 0.3 is 0 Å². The lowest BCUT2D eigenvalue weighted by Crippen LogP contribution is -2.38. The highest BCUT2D eigenvalue weighted by molar-refractivity contribution is 5.91. The normalized spacial score (nSPS) is 18.9. The van der Waals surface area contributed by atoms with Crippen LogP contribution in [0.15, 0.2) is 30.5 Å². The standard InChI is InChI=1S/C16H22N4/c1-2-9-17-11-13-6-5-10-20(13)16-12-18-19-15-8-4-3-7-14(15)16/h3-4,7-8,12-13,17H,2,5-6,9-11H2,1H3. The van der Waals surface area contributed by atoms with E-state index >= 15 is 0 Å². The van der Waals surface area contributed by atoms with Gasteiger partial charge in [0.2, 0.25) is 0 Å². The van der Waals surface area contributed by atoms with E-state index < -0.39 is 0 Å². The van der Waals surface area contributed by atoms with Crippen LogP contribution in [0.5, 0.6) is 0 Å². The molecule has 0 spiro atoms. The molecule has 1 aliphatic heterocycles. The van der Waals surface area contributed by atoms with Crippen molar-refractivity contribution in [3.8, 4) is 0 Å². The maximum atomic E-state index is 4.22. The maximum absolute atomic E-state index is 4.22. The maximum Gasteiger partial charge on any atom is 0.0950 e. The molecule has 1 unspecified atom stereocenters. The molecule has 2 heterocycles. The highest BCUT2D eigenvalue weighted by Gasteiger charge is 2.25. The first-order valence-corrected chi connectivity index (χ1v) is 7.58. The molecule has 1 aromatic carbocycles. The van der Waals surface area contributed by atoms with Crippen LogP contribution in [-0.2, 0) is 0 Å². The summed E-state index contributed by atoms with van der Waals surface area (Å²) >= 11 is 0. The SMILES string of the molecule is CCCNCC1CCCN1c1cnnc2ccccc12. The van der Waals surface area contributed by atoms with Gasteiger partial charge in [0.25, 0.3) is 0 Å². The predicted molar refractivity (Wildman–Crippen MR) is 83.1 cm³/mol. The van der Waals surface area contributed by atoms with E-state index in [9.17, 15) is 0 Å². The van der Waals surface area contributed by atoms with Gasteiger partial charge in [-0.3, -0.25) is 0 Å². The molecule has 0 amide bonds. The molecule has 0 bridgehead atoms. The van der Waals surface area contributed by atoms with Crippen LogP contribution in [0.3, 0.4) is 0 Å². The fourth-order valence-corrected chi connectivity index (χ4v) is 3.03. The Labute approximate surface area is 120 Å². The van der Waals surface area contributed by atoms with E-state index in [4.69, 9.17) is 0 Å². The Bertz CT molecular complexity index is 564. The van der Waals surface area contributed by atoms with Crippen molar-refractivity contribution in [1.82, 2.24) is 15.5 Å². The highest BCUT2D eigenvalue weighted by atomic mass is 15.2. The lowest BCUT2D eigenvalue weighted by atomic mass is 10.1. The van der Waals surface area contributed by atoms with E-state index in [1.54, 1.807) is 0 Å². The molecule has 20 heavy (non-hydrogen) atoms. The van der Waals surface area contributed by atoms with Crippen molar-refractivity contribution in [1.29, 1.82) is 0 Å². The van der Waals surface area contributed by atoms with Crippen molar-refractivity contribution in [2.45, 2.75) is 32.2 Å². The number of nitrogens with one attached hydrogen (secondary N) is 1. The Balaban J connectivity index is 1.86. The first kappa shape index (κ1) is 13.3. The van der Waals surface area contributed by atoms with Crippen LogP contribution in [0.1, 0.15) is 26.2 Å². The van der Waals surface area contributed by atoms with Crippen molar-refractivity contribution < 1.29 is 0 Å². The molecule has 1 saturated heterocycles. The molecule has 2 aromatic rings. The van der Waals surface area contributed by atoms with Crippen LogP contribution >= 0.6 is 0 Å². The van der Waals surface area contributed by atoms with Gasteiger partial charge in [-0.2, -0.15) is 10.2 Å². The van der Waals surface area contributed by atoms with Gasteiger partial charge in [-0.1, -0.05) is 25.1 Å². The molecule has 0 aliphatic carbocycles. The monoisotopic (exact) mass is 270 g/mol. The molecule has 106 valence electrons. The number of benzene rings is 1. The highest BCUT2D eigenvalue weighted by Crippen LogP contribution is 2.30. The minimum absolute atomic E-state index is 0.578. The van der Waals surface area contributed by atoms with E-state index in [0.29, 0.717) is 6.04 Å². The van der Waals surface area contributed by atoms with Crippen LogP contribution in [0.25, 0.3) is 10.9 Å². The summed E-state index contributed by atoms with van der Waals surface area (Å²) in [5.41, 5.74) is 2.22. The molecule has 0 radical (unpaired) electrons. The Kier molecular flexibility index (Phi) is 4.11. The third-order valence-electron chi connectivity index (χ3n) is 4.02. The fourth-order valence-electron chi connectivity index (χ4n) is 3.03. The Morgan fingerprint density at radius 1 is 1.35 bits per heavy atom. The first-order valence-electron chi connectivity index (χ1n) is 7.58. The van der Waals surface area contributed by atoms with E-state index in [-0.39, 0.29) is 0 Å². The minimum atomic E-state index is 0.578. The number of hydrogen-bond donors (Lipinski definition) is 1. The molecule has 1 aromatic heterocycles. The number of fused-ring (bicyclic) bond motifs is 1. The fraction of sp³-hybridized carbons (Fsp3) is 0.500. The van der Waals surface area contributed by atoms with E-state index in [1.165, 1.54) is 30.3 Å². The molecule has 4 nitrogen and oxygen atoms in total. The van der Waals surface area contributed by atoms with Gasteiger partial charge in [0, 0.05) is 24.5 Å². The number of anilines is 1. The molecular weight excluding hydrogens is 248 g/mol. The van der Waals surface area contributed by atoms with Crippen LogP contribution in [0.4, 0.5) is 5.69 Å².